The van der Waals surface area contributed by atoms with Crippen LogP contribution in [0.3, 0.4) is 0 Å². The van der Waals surface area contributed by atoms with Crippen molar-refractivity contribution in [1.82, 2.24) is 4.98 Å². The molecule has 1 aliphatic rings. The number of halogens is 3. The molecule has 1 saturated heterocycles. The van der Waals surface area contributed by atoms with Gasteiger partial charge in [0.25, 0.3) is 0 Å². The van der Waals surface area contributed by atoms with Crippen molar-refractivity contribution < 1.29 is 18.3 Å². The SMILES string of the molecule is C[C@@H]1CCC([C@H](O)c2ccccc2)N1c1ccc2[nH]c(=O)cc(C(F)(F)F)c2c1. The number of aromatic nitrogens is 1. The number of rotatable bonds is 3. The summed E-state index contributed by atoms with van der Waals surface area (Å²) < 4.78 is 40.5. The van der Waals surface area contributed by atoms with Crippen molar-refractivity contribution in [3.8, 4) is 0 Å². The Morgan fingerprint density at radius 2 is 1.83 bits per heavy atom. The largest absolute Gasteiger partial charge is 0.417 e. The molecule has 2 aromatic carbocycles. The predicted octanol–water partition coefficient (Wildman–Crippen LogP) is 4.64. The number of pyridine rings is 1. The lowest BCUT2D eigenvalue weighted by Crippen LogP contribution is -2.38. The van der Waals surface area contributed by atoms with Crippen molar-refractivity contribution in [2.75, 3.05) is 4.90 Å². The standard InChI is InChI=1S/C22H21F3N2O2/c1-13-7-10-19(21(29)14-5-3-2-4-6-14)27(13)15-8-9-18-16(11-15)17(22(23,24)25)12-20(28)26-18/h2-6,8-9,11-13,19,21,29H,7,10H2,1H3,(H,26,28)/t13-,19?,21-/m1/s1. The number of H-pyrrole nitrogens is 1. The maximum absolute atomic E-state index is 13.5. The number of benzene rings is 2. The van der Waals surface area contributed by atoms with Crippen LogP contribution in [0.2, 0.25) is 0 Å². The van der Waals surface area contributed by atoms with Crippen molar-refractivity contribution in [3.63, 3.8) is 0 Å². The number of hydrogen-bond donors (Lipinski definition) is 2. The predicted molar refractivity (Wildman–Crippen MR) is 106 cm³/mol. The van der Waals surface area contributed by atoms with Gasteiger partial charge in [0.2, 0.25) is 5.56 Å². The second-order valence-electron chi connectivity index (χ2n) is 7.53. The second kappa shape index (κ2) is 7.22. The first-order valence-electron chi connectivity index (χ1n) is 9.51. The summed E-state index contributed by atoms with van der Waals surface area (Å²) in [4.78, 5) is 16.1. The summed E-state index contributed by atoms with van der Waals surface area (Å²) in [6.07, 6.45) is -3.84. The molecule has 7 heteroatoms. The minimum Gasteiger partial charge on any atom is -0.386 e. The summed E-state index contributed by atoms with van der Waals surface area (Å²) >= 11 is 0. The normalized spacial score (nSPS) is 20.9. The molecule has 0 aliphatic carbocycles. The quantitative estimate of drug-likeness (QED) is 0.671. The van der Waals surface area contributed by atoms with Crippen LogP contribution in [0.1, 0.15) is 37.0 Å². The van der Waals surface area contributed by atoms with Crippen LogP contribution in [-0.2, 0) is 6.18 Å². The Bertz CT molecular complexity index is 1080. The minimum absolute atomic E-state index is 0.0540. The van der Waals surface area contributed by atoms with E-state index in [1.807, 2.05) is 42.2 Å². The number of aliphatic hydroxyl groups excluding tert-OH is 1. The molecule has 4 nitrogen and oxygen atoms in total. The maximum atomic E-state index is 13.5. The van der Waals surface area contributed by atoms with E-state index < -0.39 is 23.4 Å². The first-order chi connectivity index (χ1) is 13.8. The fourth-order valence-electron chi connectivity index (χ4n) is 4.28. The molecule has 2 heterocycles. The highest BCUT2D eigenvalue weighted by atomic mass is 19.4. The number of fused-ring (bicyclic) bond motifs is 1. The molecule has 3 aromatic rings. The molecule has 0 spiro atoms. The Balaban J connectivity index is 1.80. The van der Waals surface area contributed by atoms with Crippen LogP contribution >= 0.6 is 0 Å². The Morgan fingerprint density at radius 1 is 1.10 bits per heavy atom. The molecule has 1 aliphatic heterocycles. The van der Waals surface area contributed by atoms with Gasteiger partial charge in [-0.15, -0.1) is 0 Å². The smallest absolute Gasteiger partial charge is 0.386 e. The van der Waals surface area contributed by atoms with E-state index >= 15 is 0 Å². The van der Waals surface area contributed by atoms with Gasteiger partial charge in [-0.2, -0.15) is 13.2 Å². The molecular weight excluding hydrogens is 381 g/mol. The van der Waals surface area contributed by atoms with Gasteiger partial charge in [0, 0.05) is 28.7 Å². The molecule has 1 aromatic heterocycles. The van der Waals surface area contributed by atoms with Crippen LogP contribution in [0.15, 0.2) is 59.4 Å². The average molecular weight is 402 g/mol. The van der Waals surface area contributed by atoms with Crippen molar-refractivity contribution >= 4 is 16.6 Å². The van der Waals surface area contributed by atoms with Gasteiger partial charge in [-0.25, -0.2) is 0 Å². The first-order valence-corrected chi connectivity index (χ1v) is 9.51. The third kappa shape index (κ3) is 3.62. The van der Waals surface area contributed by atoms with Crippen LogP contribution in [0.25, 0.3) is 10.9 Å². The summed E-state index contributed by atoms with van der Waals surface area (Å²) in [6.45, 7) is 2.00. The van der Waals surface area contributed by atoms with Gasteiger partial charge in [0.15, 0.2) is 0 Å². The van der Waals surface area contributed by atoms with Gasteiger partial charge >= 0.3 is 6.18 Å². The number of aliphatic hydroxyl groups is 1. The van der Waals surface area contributed by atoms with Gasteiger partial charge < -0.3 is 15.0 Å². The summed E-state index contributed by atoms with van der Waals surface area (Å²) in [5.74, 6) is 0. The summed E-state index contributed by atoms with van der Waals surface area (Å²) in [7, 11) is 0. The number of aromatic amines is 1. The molecular formula is C22H21F3N2O2. The monoisotopic (exact) mass is 402 g/mol. The van der Waals surface area contributed by atoms with E-state index in [1.54, 1.807) is 6.07 Å². The van der Waals surface area contributed by atoms with Crippen LogP contribution < -0.4 is 10.5 Å². The summed E-state index contributed by atoms with van der Waals surface area (Å²) in [6, 6.07) is 14.3. The van der Waals surface area contributed by atoms with Crippen molar-refractivity contribution in [3.05, 3.63) is 76.1 Å². The minimum atomic E-state index is -4.63. The number of nitrogens with zero attached hydrogens (tertiary/aromatic N) is 1. The average Bonchev–Trinajstić information content (AvgIpc) is 3.07. The van der Waals surface area contributed by atoms with Crippen molar-refractivity contribution in [2.45, 2.75) is 44.1 Å². The number of nitrogens with one attached hydrogen (secondary N) is 1. The van der Waals surface area contributed by atoms with E-state index in [0.717, 1.165) is 18.4 Å². The molecule has 29 heavy (non-hydrogen) atoms. The fourth-order valence-corrected chi connectivity index (χ4v) is 4.28. The van der Waals surface area contributed by atoms with E-state index in [4.69, 9.17) is 0 Å². The zero-order chi connectivity index (χ0) is 20.8. The number of hydrogen-bond acceptors (Lipinski definition) is 3. The highest BCUT2D eigenvalue weighted by molar-refractivity contribution is 5.86. The molecule has 0 amide bonds. The topological polar surface area (TPSA) is 56.3 Å². The molecule has 152 valence electrons. The lowest BCUT2D eigenvalue weighted by molar-refractivity contribution is -0.136. The Morgan fingerprint density at radius 3 is 2.52 bits per heavy atom. The highest BCUT2D eigenvalue weighted by Crippen LogP contribution is 2.40. The van der Waals surface area contributed by atoms with Gasteiger partial charge in [-0.3, -0.25) is 4.79 Å². The Hall–Kier alpha value is -2.80. The molecule has 2 N–H and O–H groups in total. The van der Waals surface area contributed by atoms with E-state index in [-0.39, 0.29) is 23.0 Å². The molecule has 1 unspecified atom stereocenters. The third-order valence-electron chi connectivity index (χ3n) is 5.65. The number of alkyl halides is 3. The van der Waals surface area contributed by atoms with Crippen LogP contribution in [0.5, 0.6) is 0 Å². The lowest BCUT2D eigenvalue weighted by Gasteiger charge is -2.34. The molecule has 0 radical (unpaired) electrons. The van der Waals surface area contributed by atoms with Gasteiger partial charge in [0.05, 0.1) is 17.7 Å². The molecule has 0 bridgehead atoms. The molecule has 3 atom stereocenters. The summed E-state index contributed by atoms with van der Waals surface area (Å²) in [5, 5.41) is 10.9. The van der Waals surface area contributed by atoms with Crippen molar-refractivity contribution in [2.24, 2.45) is 0 Å². The lowest BCUT2D eigenvalue weighted by atomic mass is 9.99. The van der Waals surface area contributed by atoms with E-state index in [2.05, 4.69) is 4.98 Å². The zero-order valence-electron chi connectivity index (χ0n) is 15.8. The van der Waals surface area contributed by atoms with Crippen molar-refractivity contribution in [1.29, 1.82) is 0 Å². The zero-order valence-corrected chi connectivity index (χ0v) is 15.8. The van der Waals surface area contributed by atoms with E-state index in [1.165, 1.54) is 12.1 Å². The van der Waals surface area contributed by atoms with Gasteiger partial charge in [0.1, 0.15) is 0 Å². The van der Waals surface area contributed by atoms with Crippen LogP contribution in [0, 0.1) is 0 Å². The Kier molecular flexibility index (Phi) is 4.86. The van der Waals surface area contributed by atoms with Gasteiger partial charge in [-0.05, 0) is 43.5 Å². The maximum Gasteiger partial charge on any atom is 0.417 e. The fraction of sp³-hybridized carbons (Fsp3) is 0.318. The van der Waals surface area contributed by atoms with E-state index in [0.29, 0.717) is 11.8 Å². The second-order valence-corrected chi connectivity index (χ2v) is 7.53. The number of anilines is 1. The van der Waals surface area contributed by atoms with Gasteiger partial charge in [-0.1, -0.05) is 30.3 Å². The summed E-state index contributed by atoms with van der Waals surface area (Å²) in [5.41, 5.74) is -0.229. The van der Waals surface area contributed by atoms with E-state index in [9.17, 15) is 23.1 Å². The highest BCUT2D eigenvalue weighted by Gasteiger charge is 2.37. The van der Waals surface area contributed by atoms with Crippen LogP contribution in [0.4, 0.5) is 18.9 Å². The third-order valence-corrected chi connectivity index (χ3v) is 5.65. The first kappa shape index (κ1) is 19.5. The molecule has 0 saturated carbocycles. The van der Waals surface area contributed by atoms with Crippen LogP contribution in [-0.4, -0.2) is 22.2 Å². The Labute approximate surface area is 165 Å². The molecule has 4 rings (SSSR count). The molecule has 1 fully saturated rings.